The average Bonchev–Trinajstić information content (AvgIpc) is 3.37. The lowest BCUT2D eigenvalue weighted by atomic mass is 10.1. The highest BCUT2D eigenvalue weighted by Crippen LogP contribution is 2.34. The van der Waals surface area contributed by atoms with Crippen molar-refractivity contribution in [1.82, 2.24) is 15.3 Å². The van der Waals surface area contributed by atoms with Gasteiger partial charge in [0.2, 0.25) is 9.84 Å². The van der Waals surface area contributed by atoms with Crippen molar-refractivity contribution >= 4 is 48.8 Å². The van der Waals surface area contributed by atoms with Gasteiger partial charge in [-0.05, 0) is 30.3 Å². The van der Waals surface area contributed by atoms with Gasteiger partial charge in [0, 0.05) is 35.0 Å². The van der Waals surface area contributed by atoms with Gasteiger partial charge in [0.1, 0.15) is 16.5 Å². The first-order valence-electron chi connectivity index (χ1n) is 11.3. The molecule has 0 aliphatic carbocycles. The number of hydrogen-bond acceptors (Lipinski definition) is 10. The van der Waals surface area contributed by atoms with E-state index in [1.54, 1.807) is 0 Å². The summed E-state index contributed by atoms with van der Waals surface area (Å²) in [7, 11) is -9.91. The van der Waals surface area contributed by atoms with Crippen LogP contribution in [0.3, 0.4) is 0 Å². The number of pyridine rings is 1. The van der Waals surface area contributed by atoms with Crippen LogP contribution in [0.15, 0.2) is 76.8 Å². The standard InChI is InChI=1S/C24H15F3N4O7S3/c25-24(26,27)41(36,37)38-14-7-8-28-18(10-14)23-30-12-15(39-23)11-29-21(32)13-5-6-20-17(9-13)31-22(33)16-3-1-2-4-19(16)40(20,34)35/h1-10,12H,11H2,(H,29,32)(H,31,33). The molecule has 4 aromatic rings. The first kappa shape index (κ1) is 28.2. The predicted molar refractivity (Wildman–Crippen MR) is 138 cm³/mol. The molecule has 0 saturated heterocycles. The van der Waals surface area contributed by atoms with Crippen molar-refractivity contribution in [3.63, 3.8) is 0 Å². The van der Waals surface area contributed by atoms with Crippen LogP contribution in [-0.4, -0.2) is 44.1 Å². The number of amides is 2. The van der Waals surface area contributed by atoms with E-state index in [0.29, 0.717) is 4.88 Å². The number of rotatable bonds is 6. The fourth-order valence-electron chi connectivity index (χ4n) is 3.73. The molecule has 0 spiro atoms. The second kappa shape index (κ2) is 10.2. The summed E-state index contributed by atoms with van der Waals surface area (Å²) in [5, 5.41) is 5.37. The predicted octanol–water partition coefficient (Wildman–Crippen LogP) is 3.76. The van der Waals surface area contributed by atoms with E-state index in [9.17, 15) is 39.6 Å². The summed E-state index contributed by atoms with van der Waals surface area (Å²) < 4.78 is 90.7. The second-order valence-electron chi connectivity index (χ2n) is 8.34. The molecule has 212 valence electrons. The number of halogens is 3. The molecule has 17 heteroatoms. The summed E-state index contributed by atoms with van der Waals surface area (Å²) in [6.07, 6.45) is 2.43. The smallest absolute Gasteiger partial charge is 0.376 e. The number of sulfone groups is 1. The first-order valence-corrected chi connectivity index (χ1v) is 15.0. The maximum Gasteiger partial charge on any atom is 0.534 e. The van der Waals surface area contributed by atoms with Crippen molar-refractivity contribution in [2.75, 3.05) is 5.32 Å². The number of nitrogens with one attached hydrogen (secondary N) is 2. The summed E-state index contributed by atoms with van der Waals surface area (Å²) in [5.74, 6) is -1.85. The Morgan fingerprint density at radius 3 is 2.56 bits per heavy atom. The fraction of sp³-hybridized carbons (Fsp3) is 0.0833. The van der Waals surface area contributed by atoms with E-state index in [1.807, 2.05) is 0 Å². The summed E-state index contributed by atoms with van der Waals surface area (Å²) in [4.78, 5) is 33.7. The zero-order valence-electron chi connectivity index (χ0n) is 20.2. The van der Waals surface area contributed by atoms with Crippen molar-refractivity contribution in [3.8, 4) is 16.5 Å². The van der Waals surface area contributed by atoms with Gasteiger partial charge in [0.25, 0.3) is 11.8 Å². The molecule has 0 atom stereocenters. The molecule has 0 radical (unpaired) electrons. The van der Waals surface area contributed by atoms with Crippen molar-refractivity contribution in [2.24, 2.45) is 0 Å². The topological polar surface area (TPSA) is 161 Å². The number of carbonyl (C=O) groups is 2. The largest absolute Gasteiger partial charge is 0.534 e. The molecule has 1 aliphatic rings. The van der Waals surface area contributed by atoms with Crippen LogP contribution in [0.5, 0.6) is 5.75 Å². The minimum atomic E-state index is -5.87. The number of anilines is 1. The van der Waals surface area contributed by atoms with Gasteiger partial charge in [-0.1, -0.05) is 12.1 Å². The monoisotopic (exact) mass is 624 g/mol. The molecule has 11 nitrogen and oxygen atoms in total. The van der Waals surface area contributed by atoms with Crippen LogP contribution >= 0.6 is 11.3 Å². The maximum absolute atomic E-state index is 13.1. The Balaban J connectivity index is 1.30. The molecular formula is C24H15F3N4O7S3. The van der Waals surface area contributed by atoms with E-state index in [0.717, 1.165) is 29.7 Å². The minimum Gasteiger partial charge on any atom is -0.376 e. The normalized spacial score (nSPS) is 14.3. The third-order valence-electron chi connectivity index (χ3n) is 5.62. The molecule has 3 heterocycles. The fourth-order valence-corrected chi connectivity index (χ4v) is 6.59. The molecule has 2 aromatic carbocycles. The van der Waals surface area contributed by atoms with Crippen molar-refractivity contribution in [2.45, 2.75) is 21.8 Å². The third-order valence-corrected chi connectivity index (χ3v) is 9.49. The van der Waals surface area contributed by atoms with E-state index in [2.05, 4.69) is 24.8 Å². The zero-order valence-corrected chi connectivity index (χ0v) is 22.6. The van der Waals surface area contributed by atoms with Gasteiger partial charge < -0.3 is 14.8 Å². The molecule has 2 amide bonds. The molecule has 0 bridgehead atoms. The lowest BCUT2D eigenvalue weighted by Gasteiger charge is -2.10. The number of hydrogen-bond donors (Lipinski definition) is 2. The van der Waals surface area contributed by atoms with Gasteiger partial charge in [-0.3, -0.25) is 14.6 Å². The van der Waals surface area contributed by atoms with Crippen LogP contribution < -0.4 is 14.8 Å². The summed E-state index contributed by atoms with van der Waals surface area (Å²) in [5.41, 5.74) is -5.59. The van der Waals surface area contributed by atoms with Crippen LogP contribution in [0.25, 0.3) is 10.7 Å². The highest BCUT2D eigenvalue weighted by molar-refractivity contribution is 7.91. The Hall–Kier alpha value is -4.35. The summed E-state index contributed by atoms with van der Waals surface area (Å²) >= 11 is 1.02. The van der Waals surface area contributed by atoms with Gasteiger partial charge in [-0.2, -0.15) is 21.6 Å². The van der Waals surface area contributed by atoms with Crippen LogP contribution in [0.1, 0.15) is 25.6 Å². The van der Waals surface area contributed by atoms with Crippen LogP contribution in [0.2, 0.25) is 0 Å². The van der Waals surface area contributed by atoms with Crippen molar-refractivity contribution < 1.29 is 43.8 Å². The number of alkyl halides is 3. The van der Waals surface area contributed by atoms with Crippen molar-refractivity contribution in [3.05, 3.63) is 83.0 Å². The number of fused-ring (bicyclic) bond motifs is 2. The van der Waals surface area contributed by atoms with Gasteiger partial charge >= 0.3 is 15.6 Å². The minimum absolute atomic E-state index is 0.0238. The third kappa shape index (κ3) is 5.50. The Labute approximate surface area is 234 Å². The van der Waals surface area contributed by atoms with Crippen LogP contribution in [0.4, 0.5) is 18.9 Å². The van der Waals surface area contributed by atoms with Crippen LogP contribution in [0, 0.1) is 0 Å². The molecule has 0 fully saturated rings. The maximum atomic E-state index is 13.1. The molecular weight excluding hydrogens is 609 g/mol. The Bertz CT molecular complexity index is 1920. The molecule has 2 aromatic heterocycles. The summed E-state index contributed by atoms with van der Waals surface area (Å²) in [6.45, 7) is -0.0394. The number of carbonyl (C=O) groups excluding carboxylic acids is 2. The van der Waals surface area contributed by atoms with Gasteiger partial charge in [0.05, 0.1) is 27.6 Å². The average molecular weight is 625 g/mol. The van der Waals surface area contributed by atoms with E-state index < -0.39 is 43.0 Å². The van der Waals surface area contributed by atoms with E-state index in [-0.39, 0.29) is 43.9 Å². The first-order chi connectivity index (χ1) is 19.3. The quantitative estimate of drug-likeness (QED) is 0.240. The second-order valence-corrected chi connectivity index (χ2v) is 12.9. The number of benzene rings is 2. The van der Waals surface area contributed by atoms with Gasteiger partial charge in [0.15, 0.2) is 0 Å². The molecule has 2 N–H and O–H groups in total. The molecule has 0 saturated carbocycles. The van der Waals surface area contributed by atoms with Gasteiger partial charge in [-0.15, -0.1) is 11.3 Å². The lowest BCUT2D eigenvalue weighted by molar-refractivity contribution is -0.0500. The number of nitrogens with zero attached hydrogens (tertiary/aromatic N) is 2. The SMILES string of the molecule is O=C(NCc1cnc(-c2cc(OS(=O)(=O)C(F)(F)F)ccn2)s1)c1ccc2c(c1)NC(=O)c1ccccc1S2(=O)=O. The van der Waals surface area contributed by atoms with Gasteiger partial charge in [-0.25, -0.2) is 13.4 Å². The Morgan fingerprint density at radius 1 is 1.05 bits per heavy atom. The van der Waals surface area contributed by atoms with E-state index >= 15 is 0 Å². The Morgan fingerprint density at radius 2 is 1.80 bits per heavy atom. The molecule has 41 heavy (non-hydrogen) atoms. The zero-order chi connectivity index (χ0) is 29.6. The summed E-state index contributed by atoms with van der Waals surface area (Å²) in [6, 6.07) is 11.4. The number of thiazole rings is 1. The van der Waals surface area contributed by atoms with E-state index in [4.69, 9.17) is 0 Å². The highest BCUT2D eigenvalue weighted by atomic mass is 32.2. The van der Waals surface area contributed by atoms with Crippen molar-refractivity contribution in [1.29, 1.82) is 0 Å². The molecule has 0 unspecified atom stereocenters. The van der Waals surface area contributed by atoms with Crippen LogP contribution in [-0.2, 0) is 26.5 Å². The Kier molecular flexibility index (Phi) is 7.04. The number of aromatic nitrogens is 2. The molecule has 1 aliphatic heterocycles. The van der Waals surface area contributed by atoms with E-state index in [1.165, 1.54) is 48.7 Å². The lowest BCUT2D eigenvalue weighted by Crippen LogP contribution is -2.28. The highest BCUT2D eigenvalue weighted by Gasteiger charge is 2.48. The molecule has 5 rings (SSSR count).